The highest BCUT2D eigenvalue weighted by Crippen LogP contribution is 2.32. The summed E-state index contributed by atoms with van der Waals surface area (Å²) in [5, 5.41) is 2.98. The predicted molar refractivity (Wildman–Crippen MR) is 95.0 cm³/mol. The number of hydrogen-bond donors (Lipinski definition) is 3. The van der Waals surface area contributed by atoms with Gasteiger partial charge in [-0.25, -0.2) is 5.43 Å². The van der Waals surface area contributed by atoms with Gasteiger partial charge in [-0.2, -0.15) is 0 Å². The van der Waals surface area contributed by atoms with Crippen LogP contribution in [0.15, 0.2) is 47.1 Å². The first-order valence-corrected chi connectivity index (χ1v) is 8.61. The Balaban J connectivity index is 1.55. The van der Waals surface area contributed by atoms with Crippen LogP contribution >= 0.6 is 0 Å². The molecule has 3 N–H and O–H groups in total. The largest absolute Gasteiger partial charge is 0.497 e. The zero-order chi connectivity index (χ0) is 17.6. The fourth-order valence-electron chi connectivity index (χ4n) is 3.23. The van der Waals surface area contributed by atoms with E-state index in [-0.39, 0.29) is 23.9 Å². The van der Waals surface area contributed by atoms with Crippen molar-refractivity contribution in [2.45, 2.75) is 31.8 Å². The van der Waals surface area contributed by atoms with Crippen LogP contribution in [0.4, 0.5) is 0 Å². The smallest absolute Gasteiger partial charge is 0.220 e. The molecule has 0 aliphatic carbocycles. The summed E-state index contributed by atoms with van der Waals surface area (Å²) in [5.74, 6) is 1.95. The zero-order valence-electron chi connectivity index (χ0n) is 14.6. The van der Waals surface area contributed by atoms with Crippen LogP contribution in [-0.4, -0.2) is 25.6 Å². The average Bonchev–Trinajstić information content (AvgIpc) is 3.26. The van der Waals surface area contributed by atoms with E-state index in [1.54, 1.807) is 13.4 Å². The van der Waals surface area contributed by atoms with Crippen molar-refractivity contribution in [1.82, 2.24) is 16.2 Å². The molecule has 1 fully saturated rings. The highest BCUT2D eigenvalue weighted by atomic mass is 16.5. The van der Waals surface area contributed by atoms with Gasteiger partial charge in [-0.3, -0.25) is 10.2 Å². The molecule has 0 radical (unpaired) electrons. The lowest BCUT2D eigenvalue weighted by molar-refractivity contribution is -0.122. The summed E-state index contributed by atoms with van der Waals surface area (Å²) in [6, 6.07) is 12.0. The van der Waals surface area contributed by atoms with Gasteiger partial charge in [-0.15, -0.1) is 0 Å². The standard InChI is InChI=1S/C19H25N3O3/c1-13-17(12-18(23)20-10-9-16-4-3-11-25-16)19(22-21-13)14-5-7-15(24-2)8-6-14/h3-8,11,13,17,19,21-22H,9-10,12H2,1-2H3,(H,20,23). The van der Waals surface area contributed by atoms with E-state index in [0.717, 1.165) is 17.1 Å². The topological polar surface area (TPSA) is 75.5 Å². The molecule has 3 rings (SSSR count). The van der Waals surface area contributed by atoms with Crippen molar-refractivity contribution in [2.24, 2.45) is 5.92 Å². The number of furan rings is 1. The fraction of sp³-hybridized carbons (Fsp3) is 0.421. The van der Waals surface area contributed by atoms with Crippen molar-refractivity contribution in [3.63, 3.8) is 0 Å². The number of ether oxygens (including phenoxy) is 1. The van der Waals surface area contributed by atoms with Crippen molar-refractivity contribution >= 4 is 5.91 Å². The van der Waals surface area contributed by atoms with E-state index in [0.29, 0.717) is 19.4 Å². The van der Waals surface area contributed by atoms with Gasteiger partial charge >= 0.3 is 0 Å². The second-order valence-corrected chi connectivity index (χ2v) is 6.38. The molecule has 1 aliphatic rings. The minimum atomic E-state index is 0.0624. The number of rotatable bonds is 7. The van der Waals surface area contributed by atoms with E-state index in [2.05, 4.69) is 23.1 Å². The summed E-state index contributed by atoms with van der Waals surface area (Å²) in [5.41, 5.74) is 7.71. The summed E-state index contributed by atoms with van der Waals surface area (Å²) in [6.07, 6.45) is 2.82. The lowest BCUT2D eigenvalue weighted by Gasteiger charge is -2.21. The third-order valence-electron chi connectivity index (χ3n) is 4.71. The summed E-state index contributed by atoms with van der Waals surface area (Å²) in [7, 11) is 1.66. The first-order chi connectivity index (χ1) is 12.2. The minimum absolute atomic E-state index is 0.0624. The van der Waals surface area contributed by atoms with Gasteiger partial charge in [0, 0.05) is 31.3 Å². The van der Waals surface area contributed by atoms with Crippen molar-refractivity contribution in [1.29, 1.82) is 0 Å². The summed E-state index contributed by atoms with van der Waals surface area (Å²) in [6.45, 7) is 2.68. The van der Waals surface area contributed by atoms with E-state index in [1.165, 1.54) is 0 Å². The molecule has 2 aromatic rings. The Hall–Kier alpha value is -2.31. The van der Waals surface area contributed by atoms with Crippen molar-refractivity contribution < 1.29 is 13.9 Å². The summed E-state index contributed by atoms with van der Waals surface area (Å²) < 4.78 is 10.5. The number of carbonyl (C=O) groups excluding carboxylic acids is 1. The monoisotopic (exact) mass is 343 g/mol. The van der Waals surface area contributed by atoms with Gasteiger partial charge in [0.25, 0.3) is 0 Å². The van der Waals surface area contributed by atoms with Crippen LogP contribution in [0.25, 0.3) is 0 Å². The van der Waals surface area contributed by atoms with Crippen LogP contribution in [0.5, 0.6) is 5.75 Å². The van der Waals surface area contributed by atoms with E-state index in [4.69, 9.17) is 9.15 Å². The number of carbonyl (C=O) groups is 1. The highest BCUT2D eigenvalue weighted by molar-refractivity contribution is 5.76. The SMILES string of the molecule is COc1ccc(C2NNC(C)C2CC(=O)NCCc2ccco2)cc1. The molecule has 1 saturated heterocycles. The molecule has 0 spiro atoms. The Bertz CT molecular complexity index is 670. The molecular weight excluding hydrogens is 318 g/mol. The molecule has 6 heteroatoms. The van der Waals surface area contributed by atoms with Gasteiger partial charge in [-0.1, -0.05) is 12.1 Å². The van der Waals surface area contributed by atoms with Gasteiger partial charge < -0.3 is 14.5 Å². The Labute approximate surface area is 147 Å². The Kier molecular flexibility index (Phi) is 5.73. The van der Waals surface area contributed by atoms with E-state index in [9.17, 15) is 4.79 Å². The lowest BCUT2D eigenvalue weighted by atomic mass is 9.87. The number of nitrogens with one attached hydrogen (secondary N) is 3. The molecule has 0 saturated carbocycles. The average molecular weight is 343 g/mol. The molecule has 6 nitrogen and oxygen atoms in total. The van der Waals surface area contributed by atoms with Crippen molar-refractivity contribution in [2.75, 3.05) is 13.7 Å². The van der Waals surface area contributed by atoms with Crippen LogP contribution in [0.3, 0.4) is 0 Å². The lowest BCUT2D eigenvalue weighted by Crippen LogP contribution is -2.32. The van der Waals surface area contributed by atoms with Crippen LogP contribution in [0.1, 0.15) is 30.7 Å². The first kappa shape index (κ1) is 17.5. The van der Waals surface area contributed by atoms with Crippen LogP contribution in [0, 0.1) is 5.92 Å². The number of amides is 1. The number of benzene rings is 1. The minimum Gasteiger partial charge on any atom is -0.497 e. The second kappa shape index (κ2) is 8.18. The molecule has 1 aliphatic heterocycles. The third-order valence-corrected chi connectivity index (χ3v) is 4.71. The van der Waals surface area contributed by atoms with Crippen LogP contribution < -0.4 is 20.9 Å². The number of hydrogen-bond acceptors (Lipinski definition) is 5. The van der Waals surface area contributed by atoms with E-state index in [1.807, 2.05) is 36.4 Å². The van der Waals surface area contributed by atoms with Crippen molar-refractivity contribution in [3.05, 3.63) is 54.0 Å². The molecule has 1 amide bonds. The second-order valence-electron chi connectivity index (χ2n) is 6.38. The molecule has 1 aromatic heterocycles. The summed E-state index contributed by atoms with van der Waals surface area (Å²) >= 11 is 0. The van der Waals surface area contributed by atoms with E-state index >= 15 is 0 Å². The number of methoxy groups -OCH3 is 1. The Morgan fingerprint density at radius 3 is 2.72 bits per heavy atom. The molecule has 3 unspecified atom stereocenters. The molecule has 1 aromatic carbocycles. The maximum atomic E-state index is 12.3. The first-order valence-electron chi connectivity index (χ1n) is 8.61. The van der Waals surface area contributed by atoms with Gasteiger partial charge in [0.1, 0.15) is 11.5 Å². The highest BCUT2D eigenvalue weighted by Gasteiger charge is 2.35. The van der Waals surface area contributed by atoms with E-state index < -0.39 is 0 Å². The maximum Gasteiger partial charge on any atom is 0.220 e. The molecule has 2 heterocycles. The number of hydrazine groups is 1. The predicted octanol–water partition coefficient (Wildman–Crippen LogP) is 2.19. The molecule has 3 atom stereocenters. The zero-order valence-corrected chi connectivity index (χ0v) is 14.6. The van der Waals surface area contributed by atoms with Gasteiger partial charge in [0.2, 0.25) is 5.91 Å². The van der Waals surface area contributed by atoms with Gasteiger partial charge in [0.15, 0.2) is 0 Å². The van der Waals surface area contributed by atoms with Gasteiger partial charge in [-0.05, 0) is 36.8 Å². The third kappa shape index (κ3) is 4.41. The molecular formula is C19H25N3O3. The summed E-state index contributed by atoms with van der Waals surface area (Å²) in [4.78, 5) is 12.3. The fourth-order valence-corrected chi connectivity index (χ4v) is 3.23. The quantitative estimate of drug-likeness (QED) is 0.718. The Morgan fingerprint density at radius 2 is 2.04 bits per heavy atom. The Morgan fingerprint density at radius 1 is 1.24 bits per heavy atom. The maximum absolute atomic E-state index is 12.3. The normalized spacial score (nSPS) is 22.7. The molecule has 25 heavy (non-hydrogen) atoms. The van der Waals surface area contributed by atoms with Crippen LogP contribution in [0.2, 0.25) is 0 Å². The van der Waals surface area contributed by atoms with Crippen LogP contribution in [-0.2, 0) is 11.2 Å². The van der Waals surface area contributed by atoms with Gasteiger partial charge in [0.05, 0.1) is 19.4 Å². The molecule has 0 bridgehead atoms. The van der Waals surface area contributed by atoms with Crippen molar-refractivity contribution in [3.8, 4) is 5.75 Å². The molecule has 134 valence electrons.